The molecule has 1 nitrogen and oxygen atoms in total. The van der Waals surface area contributed by atoms with Crippen molar-refractivity contribution in [2.24, 2.45) is 17.3 Å². The molecule has 2 atom stereocenters. The molecule has 0 heterocycles. The van der Waals surface area contributed by atoms with E-state index in [9.17, 15) is 4.79 Å². The maximum absolute atomic E-state index is 11.1. The molecular formula is C13H21ClO. The molecule has 1 saturated carbocycles. The molecule has 0 aromatic heterocycles. The van der Waals surface area contributed by atoms with Crippen LogP contribution in [-0.4, -0.2) is 5.24 Å². The van der Waals surface area contributed by atoms with Gasteiger partial charge in [-0.15, -0.1) is 0 Å². The second-order valence-corrected chi connectivity index (χ2v) is 5.43. The van der Waals surface area contributed by atoms with Crippen molar-refractivity contribution in [3.05, 3.63) is 12.2 Å². The standard InChI is InChI=1S/C13H21ClO/c1-4-5-6-7-8-9-10-11(12(14)15)13(10,2)3/h8-11H,4-7H2,1-3H3/b9-8+. The lowest BCUT2D eigenvalue weighted by Crippen LogP contribution is -1.96. The van der Waals surface area contributed by atoms with Gasteiger partial charge < -0.3 is 0 Å². The molecule has 0 radical (unpaired) electrons. The van der Waals surface area contributed by atoms with Crippen LogP contribution in [0.25, 0.3) is 0 Å². The van der Waals surface area contributed by atoms with E-state index < -0.39 is 0 Å². The smallest absolute Gasteiger partial charge is 0.225 e. The van der Waals surface area contributed by atoms with Gasteiger partial charge in [0.25, 0.3) is 0 Å². The number of carbonyl (C=O) groups is 1. The van der Waals surface area contributed by atoms with E-state index in [1.165, 1.54) is 19.3 Å². The molecule has 0 aromatic rings. The zero-order valence-corrected chi connectivity index (χ0v) is 10.7. The number of carbonyl (C=O) groups excluding carboxylic acids is 1. The van der Waals surface area contributed by atoms with Crippen molar-refractivity contribution in [1.29, 1.82) is 0 Å². The lowest BCUT2D eigenvalue weighted by atomic mass is 10.1. The molecule has 86 valence electrons. The molecule has 1 aliphatic rings. The molecule has 0 bridgehead atoms. The third-order valence-electron chi connectivity index (χ3n) is 3.47. The molecule has 1 aliphatic carbocycles. The second kappa shape index (κ2) is 5.16. The molecule has 2 heteroatoms. The molecule has 0 N–H and O–H groups in total. The molecule has 15 heavy (non-hydrogen) atoms. The summed E-state index contributed by atoms with van der Waals surface area (Å²) < 4.78 is 0. The van der Waals surface area contributed by atoms with Crippen molar-refractivity contribution in [2.75, 3.05) is 0 Å². The predicted molar refractivity (Wildman–Crippen MR) is 64.9 cm³/mol. The minimum absolute atomic E-state index is 0.0431. The Kier molecular flexibility index (Phi) is 4.39. The zero-order valence-electron chi connectivity index (χ0n) is 9.92. The number of unbranched alkanes of at least 4 members (excludes halogenated alkanes) is 3. The summed E-state index contributed by atoms with van der Waals surface area (Å²) in [5.41, 5.74) is 0.0834. The van der Waals surface area contributed by atoms with E-state index in [2.05, 4.69) is 32.9 Å². The van der Waals surface area contributed by atoms with Gasteiger partial charge in [0.1, 0.15) is 0 Å². The maximum atomic E-state index is 11.1. The van der Waals surface area contributed by atoms with Crippen LogP contribution in [0.2, 0.25) is 0 Å². The van der Waals surface area contributed by atoms with Gasteiger partial charge in [-0.05, 0) is 35.8 Å². The van der Waals surface area contributed by atoms with Gasteiger partial charge in [0.2, 0.25) is 5.24 Å². The van der Waals surface area contributed by atoms with Crippen molar-refractivity contribution < 1.29 is 4.79 Å². The van der Waals surface area contributed by atoms with E-state index in [0.29, 0.717) is 5.92 Å². The lowest BCUT2D eigenvalue weighted by Gasteiger charge is -1.96. The van der Waals surface area contributed by atoms with Crippen molar-refractivity contribution in [2.45, 2.75) is 46.5 Å². The van der Waals surface area contributed by atoms with Gasteiger partial charge in [-0.25, -0.2) is 0 Å². The van der Waals surface area contributed by atoms with Crippen LogP contribution in [0.4, 0.5) is 0 Å². The molecule has 0 aliphatic heterocycles. The SMILES string of the molecule is CCCCC/C=C/C1C(C(=O)Cl)C1(C)C. The summed E-state index contributed by atoms with van der Waals surface area (Å²) in [5, 5.41) is -0.178. The first-order chi connectivity index (χ1) is 7.01. The highest BCUT2D eigenvalue weighted by molar-refractivity contribution is 6.64. The summed E-state index contributed by atoms with van der Waals surface area (Å²) >= 11 is 5.54. The highest BCUT2D eigenvalue weighted by atomic mass is 35.5. The Morgan fingerprint density at radius 3 is 2.53 bits per heavy atom. The highest BCUT2D eigenvalue weighted by Gasteiger charge is 2.59. The minimum Gasteiger partial charge on any atom is -0.281 e. The average molecular weight is 229 g/mol. The van der Waals surface area contributed by atoms with Gasteiger partial charge in [-0.3, -0.25) is 4.79 Å². The molecule has 0 saturated heterocycles. The molecule has 2 unspecified atom stereocenters. The van der Waals surface area contributed by atoms with E-state index in [1.807, 2.05) is 0 Å². The number of halogens is 1. The van der Waals surface area contributed by atoms with Crippen molar-refractivity contribution in [3.8, 4) is 0 Å². The maximum Gasteiger partial charge on any atom is 0.225 e. The van der Waals surface area contributed by atoms with Gasteiger partial charge in [-0.2, -0.15) is 0 Å². The van der Waals surface area contributed by atoms with E-state index in [4.69, 9.17) is 11.6 Å². The number of hydrogen-bond donors (Lipinski definition) is 0. The van der Waals surface area contributed by atoms with E-state index in [1.54, 1.807) is 0 Å². The summed E-state index contributed by atoms with van der Waals surface area (Å²) in [6.45, 7) is 6.42. The van der Waals surface area contributed by atoms with Crippen LogP contribution in [0.15, 0.2) is 12.2 Å². The quantitative estimate of drug-likeness (QED) is 0.379. The summed E-state index contributed by atoms with van der Waals surface area (Å²) in [6, 6.07) is 0. The van der Waals surface area contributed by atoms with Crippen molar-refractivity contribution in [1.82, 2.24) is 0 Å². The van der Waals surface area contributed by atoms with Crippen LogP contribution in [0.3, 0.4) is 0 Å². The second-order valence-electron chi connectivity index (χ2n) is 5.05. The van der Waals surface area contributed by atoms with E-state index >= 15 is 0 Å². The molecule has 1 rings (SSSR count). The van der Waals surface area contributed by atoms with Gasteiger partial charge in [-0.1, -0.05) is 45.8 Å². The van der Waals surface area contributed by atoms with Crippen LogP contribution in [-0.2, 0) is 4.79 Å². The summed E-state index contributed by atoms with van der Waals surface area (Å²) in [7, 11) is 0. The Morgan fingerprint density at radius 2 is 2.07 bits per heavy atom. The third-order valence-corrected chi connectivity index (χ3v) is 3.71. The number of allylic oxidation sites excluding steroid dienone is 2. The van der Waals surface area contributed by atoms with Gasteiger partial charge in [0, 0.05) is 5.92 Å². The van der Waals surface area contributed by atoms with Crippen LogP contribution < -0.4 is 0 Å². The fourth-order valence-corrected chi connectivity index (χ4v) is 2.64. The minimum atomic E-state index is -0.178. The van der Waals surface area contributed by atoms with Crippen molar-refractivity contribution >= 4 is 16.8 Å². The lowest BCUT2D eigenvalue weighted by molar-refractivity contribution is -0.113. The Bertz CT molecular complexity index is 255. The first-order valence-electron chi connectivity index (χ1n) is 5.87. The fraction of sp³-hybridized carbons (Fsp3) is 0.769. The Labute approximate surface area is 97.9 Å². The van der Waals surface area contributed by atoms with Gasteiger partial charge >= 0.3 is 0 Å². The predicted octanol–water partition coefficient (Wildman–Crippen LogP) is 4.16. The highest BCUT2D eigenvalue weighted by Crippen LogP contribution is 2.59. The van der Waals surface area contributed by atoms with Gasteiger partial charge in [0.05, 0.1) is 0 Å². The first kappa shape index (κ1) is 12.8. The molecular weight excluding hydrogens is 208 g/mol. The molecule has 1 fully saturated rings. The van der Waals surface area contributed by atoms with Gasteiger partial charge in [0.15, 0.2) is 0 Å². The van der Waals surface area contributed by atoms with Crippen LogP contribution in [0.5, 0.6) is 0 Å². The molecule has 0 aromatic carbocycles. The molecule has 0 spiro atoms. The Balaban J connectivity index is 2.31. The largest absolute Gasteiger partial charge is 0.281 e. The fourth-order valence-electron chi connectivity index (χ4n) is 2.23. The van der Waals surface area contributed by atoms with Crippen molar-refractivity contribution in [3.63, 3.8) is 0 Å². The normalized spacial score (nSPS) is 28.3. The first-order valence-corrected chi connectivity index (χ1v) is 6.25. The summed E-state index contributed by atoms with van der Waals surface area (Å²) in [6.07, 6.45) is 9.31. The van der Waals surface area contributed by atoms with Crippen LogP contribution in [0, 0.1) is 17.3 Å². The summed E-state index contributed by atoms with van der Waals surface area (Å²) in [4.78, 5) is 11.1. The Hall–Kier alpha value is -0.300. The van der Waals surface area contributed by atoms with Crippen LogP contribution in [0.1, 0.15) is 46.5 Å². The Morgan fingerprint density at radius 1 is 1.40 bits per heavy atom. The molecule has 0 amide bonds. The topological polar surface area (TPSA) is 17.1 Å². The number of rotatable bonds is 6. The average Bonchev–Trinajstić information content (AvgIpc) is 2.68. The summed E-state index contributed by atoms with van der Waals surface area (Å²) in [5.74, 6) is 0.408. The van der Waals surface area contributed by atoms with E-state index in [0.717, 1.165) is 6.42 Å². The third kappa shape index (κ3) is 3.07. The zero-order chi connectivity index (χ0) is 11.5. The van der Waals surface area contributed by atoms with Crippen LogP contribution >= 0.6 is 11.6 Å². The van der Waals surface area contributed by atoms with E-state index in [-0.39, 0.29) is 16.6 Å². The number of hydrogen-bond acceptors (Lipinski definition) is 1. The monoisotopic (exact) mass is 228 g/mol.